The zero-order valence-electron chi connectivity index (χ0n) is 16.1. The fraction of sp³-hybridized carbons (Fsp3) is 0.0833. The lowest BCUT2D eigenvalue weighted by Gasteiger charge is -2.13. The zero-order valence-corrected chi connectivity index (χ0v) is 16.1. The summed E-state index contributed by atoms with van der Waals surface area (Å²) >= 11 is 0. The van der Waals surface area contributed by atoms with Gasteiger partial charge >= 0.3 is 6.03 Å². The van der Waals surface area contributed by atoms with Gasteiger partial charge in [0.2, 0.25) is 0 Å². The van der Waals surface area contributed by atoms with Gasteiger partial charge in [-0.25, -0.2) is 4.79 Å². The van der Waals surface area contributed by atoms with E-state index >= 15 is 0 Å². The van der Waals surface area contributed by atoms with E-state index in [1.807, 2.05) is 72.8 Å². The third-order valence-electron chi connectivity index (χ3n) is 4.69. The minimum absolute atomic E-state index is 0.319. The summed E-state index contributed by atoms with van der Waals surface area (Å²) in [5.41, 5.74) is 3.71. The molecular weight excluding hydrogens is 362 g/mol. The molecule has 0 atom stereocenters. The van der Waals surface area contributed by atoms with Crippen LogP contribution in [-0.4, -0.2) is 18.1 Å². The highest BCUT2D eigenvalue weighted by atomic mass is 16.5. The smallest absolute Gasteiger partial charge is 0.323 e. The number of methoxy groups -OCH3 is 1. The number of nitrogens with one attached hydrogen (secondary N) is 2. The quantitative estimate of drug-likeness (QED) is 0.480. The van der Waals surface area contributed by atoms with Gasteiger partial charge in [-0.3, -0.25) is 4.98 Å². The molecule has 0 unspecified atom stereocenters. The number of aromatic nitrogens is 1. The molecule has 0 fully saturated rings. The molecular formula is C24H21N3O2. The van der Waals surface area contributed by atoms with E-state index in [0.717, 1.165) is 22.9 Å². The van der Waals surface area contributed by atoms with E-state index in [1.54, 1.807) is 19.5 Å². The first kappa shape index (κ1) is 18.5. The van der Waals surface area contributed by atoms with Crippen molar-refractivity contribution in [1.82, 2.24) is 4.98 Å². The molecule has 3 aromatic carbocycles. The van der Waals surface area contributed by atoms with Crippen LogP contribution < -0.4 is 15.4 Å². The molecule has 0 aliphatic heterocycles. The summed E-state index contributed by atoms with van der Waals surface area (Å²) in [6.07, 6.45) is 4.40. The molecule has 0 aliphatic rings. The van der Waals surface area contributed by atoms with Gasteiger partial charge in [0.15, 0.2) is 0 Å². The average molecular weight is 383 g/mol. The summed E-state index contributed by atoms with van der Waals surface area (Å²) in [7, 11) is 1.59. The van der Waals surface area contributed by atoms with Crippen molar-refractivity contribution in [2.75, 3.05) is 17.7 Å². The first-order valence-corrected chi connectivity index (χ1v) is 9.34. The summed E-state index contributed by atoms with van der Waals surface area (Å²) in [6.45, 7) is 0. The normalized spacial score (nSPS) is 10.5. The first-order valence-electron chi connectivity index (χ1n) is 9.34. The van der Waals surface area contributed by atoms with Crippen molar-refractivity contribution in [2.45, 2.75) is 6.42 Å². The molecule has 29 heavy (non-hydrogen) atoms. The van der Waals surface area contributed by atoms with Crippen molar-refractivity contribution in [3.8, 4) is 5.75 Å². The fourth-order valence-electron chi connectivity index (χ4n) is 3.21. The number of ether oxygens (including phenoxy) is 1. The zero-order chi connectivity index (χ0) is 20.1. The summed E-state index contributed by atoms with van der Waals surface area (Å²) in [4.78, 5) is 16.5. The maximum atomic E-state index is 12.5. The van der Waals surface area contributed by atoms with Crippen LogP contribution >= 0.6 is 0 Å². The second-order valence-electron chi connectivity index (χ2n) is 6.71. The van der Waals surface area contributed by atoms with Crippen molar-refractivity contribution in [2.24, 2.45) is 0 Å². The lowest BCUT2D eigenvalue weighted by atomic mass is 10.1. The van der Waals surface area contributed by atoms with Gasteiger partial charge in [-0.05, 0) is 64.7 Å². The molecule has 1 aromatic heterocycles. The number of carbonyl (C=O) groups is 1. The van der Waals surface area contributed by atoms with Crippen molar-refractivity contribution in [3.63, 3.8) is 0 Å². The molecule has 0 saturated heterocycles. The molecule has 0 bridgehead atoms. The SMILES string of the molecule is COc1cc2ccccc2cc1NC(=O)Nc1ccc(Cc2ccncc2)cc1. The Hall–Kier alpha value is -3.86. The number of anilines is 2. The number of nitrogens with zero attached hydrogens (tertiary/aromatic N) is 1. The van der Waals surface area contributed by atoms with Crippen LogP contribution in [0.25, 0.3) is 10.8 Å². The Morgan fingerprint density at radius 3 is 2.21 bits per heavy atom. The van der Waals surface area contributed by atoms with E-state index in [1.165, 1.54) is 11.1 Å². The second-order valence-corrected chi connectivity index (χ2v) is 6.71. The number of carbonyl (C=O) groups excluding carboxylic acids is 1. The van der Waals surface area contributed by atoms with Gasteiger partial charge < -0.3 is 15.4 Å². The van der Waals surface area contributed by atoms with Crippen LogP contribution in [0.3, 0.4) is 0 Å². The number of benzene rings is 3. The Morgan fingerprint density at radius 1 is 0.862 bits per heavy atom. The Balaban J connectivity index is 1.44. The maximum Gasteiger partial charge on any atom is 0.323 e. The standard InChI is InChI=1S/C24H21N3O2/c1-29-23-16-20-5-3-2-4-19(20)15-22(23)27-24(28)26-21-8-6-17(7-9-21)14-18-10-12-25-13-11-18/h2-13,15-16H,14H2,1H3,(H2,26,27,28). The van der Waals surface area contributed by atoms with Crippen molar-refractivity contribution < 1.29 is 9.53 Å². The molecule has 4 rings (SSSR count). The number of rotatable bonds is 5. The second kappa shape index (κ2) is 8.44. The van der Waals surface area contributed by atoms with Crippen molar-refractivity contribution >= 4 is 28.2 Å². The minimum Gasteiger partial charge on any atom is -0.495 e. The number of hydrogen-bond donors (Lipinski definition) is 2. The number of urea groups is 1. The molecule has 0 spiro atoms. The molecule has 0 saturated carbocycles. The first-order chi connectivity index (χ1) is 14.2. The van der Waals surface area contributed by atoms with Gasteiger partial charge in [0.1, 0.15) is 5.75 Å². The molecule has 1 heterocycles. The highest BCUT2D eigenvalue weighted by molar-refractivity contribution is 6.02. The minimum atomic E-state index is -0.319. The molecule has 2 amide bonds. The van der Waals surface area contributed by atoms with Crippen molar-refractivity contribution in [3.05, 3.63) is 96.3 Å². The van der Waals surface area contributed by atoms with E-state index in [2.05, 4.69) is 15.6 Å². The van der Waals surface area contributed by atoms with Gasteiger partial charge in [-0.15, -0.1) is 0 Å². The molecule has 4 aromatic rings. The highest BCUT2D eigenvalue weighted by Gasteiger charge is 2.09. The van der Waals surface area contributed by atoms with Gasteiger partial charge in [0, 0.05) is 18.1 Å². The molecule has 5 nitrogen and oxygen atoms in total. The number of pyridine rings is 1. The van der Waals surface area contributed by atoms with Crippen LogP contribution in [0.2, 0.25) is 0 Å². The Morgan fingerprint density at radius 2 is 1.52 bits per heavy atom. The molecule has 0 radical (unpaired) electrons. The summed E-state index contributed by atoms with van der Waals surface area (Å²) in [6, 6.07) is 23.2. The van der Waals surface area contributed by atoms with E-state index in [-0.39, 0.29) is 6.03 Å². The maximum absolute atomic E-state index is 12.5. The molecule has 5 heteroatoms. The van der Waals surface area contributed by atoms with Gasteiger partial charge in [0.05, 0.1) is 12.8 Å². The molecule has 144 valence electrons. The van der Waals surface area contributed by atoms with Crippen molar-refractivity contribution in [1.29, 1.82) is 0 Å². The predicted octanol–water partition coefficient (Wildman–Crippen LogP) is 5.48. The lowest BCUT2D eigenvalue weighted by Crippen LogP contribution is -2.19. The van der Waals surface area contributed by atoms with Crippen LogP contribution in [0.1, 0.15) is 11.1 Å². The topological polar surface area (TPSA) is 63.2 Å². The molecule has 2 N–H and O–H groups in total. The third kappa shape index (κ3) is 4.52. The highest BCUT2D eigenvalue weighted by Crippen LogP contribution is 2.30. The predicted molar refractivity (Wildman–Crippen MR) is 117 cm³/mol. The van der Waals surface area contributed by atoms with Gasteiger partial charge in [-0.2, -0.15) is 0 Å². The van der Waals surface area contributed by atoms with Crippen LogP contribution in [0.5, 0.6) is 5.75 Å². The van der Waals surface area contributed by atoms with Gasteiger partial charge in [0.25, 0.3) is 0 Å². The van der Waals surface area contributed by atoms with Crippen LogP contribution in [0.15, 0.2) is 85.2 Å². The summed E-state index contributed by atoms with van der Waals surface area (Å²) in [5.74, 6) is 0.617. The lowest BCUT2D eigenvalue weighted by molar-refractivity contribution is 0.262. The number of fused-ring (bicyclic) bond motifs is 1. The van der Waals surface area contributed by atoms with Gasteiger partial charge in [-0.1, -0.05) is 36.4 Å². The van der Waals surface area contributed by atoms with E-state index in [0.29, 0.717) is 11.4 Å². The monoisotopic (exact) mass is 383 g/mol. The van der Waals surface area contributed by atoms with E-state index in [9.17, 15) is 4.79 Å². The Bertz CT molecular complexity index is 1130. The van der Waals surface area contributed by atoms with Crippen LogP contribution in [0, 0.1) is 0 Å². The number of hydrogen-bond acceptors (Lipinski definition) is 3. The van der Waals surface area contributed by atoms with Crippen LogP contribution in [-0.2, 0) is 6.42 Å². The van der Waals surface area contributed by atoms with E-state index < -0.39 is 0 Å². The van der Waals surface area contributed by atoms with Crippen LogP contribution in [0.4, 0.5) is 16.2 Å². The summed E-state index contributed by atoms with van der Waals surface area (Å²) in [5, 5.41) is 7.83. The Kier molecular flexibility index (Phi) is 5.38. The largest absolute Gasteiger partial charge is 0.495 e. The fourth-order valence-corrected chi connectivity index (χ4v) is 3.21. The number of amides is 2. The third-order valence-corrected chi connectivity index (χ3v) is 4.69. The summed E-state index contributed by atoms with van der Waals surface area (Å²) < 4.78 is 5.43. The van der Waals surface area contributed by atoms with E-state index in [4.69, 9.17) is 4.74 Å². The Labute approximate surface area is 169 Å². The molecule has 0 aliphatic carbocycles. The average Bonchev–Trinajstić information content (AvgIpc) is 2.75.